The molecule has 1 aliphatic rings. The molecule has 0 bridgehead atoms. The Morgan fingerprint density at radius 2 is 2.33 bits per heavy atom. The van der Waals surface area contributed by atoms with Gasteiger partial charge in [0.25, 0.3) is 0 Å². The Morgan fingerprint density at radius 3 is 3.00 bits per heavy atom. The Labute approximate surface area is 70.6 Å². The van der Waals surface area contributed by atoms with Gasteiger partial charge in [-0.2, -0.15) is 5.53 Å². The minimum absolute atomic E-state index is 0.938. The molecule has 1 aromatic heterocycles. The van der Waals surface area contributed by atoms with Crippen LogP contribution in [0, 0.1) is 6.92 Å². The van der Waals surface area contributed by atoms with Gasteiger partial charge < -0.3 is 10.9 Å². The first kappa shape index (κ1) is 7.12. The highest BCUT2D eigenvalue weighted by atomic mass is 15.6. The topological polar surface area (TPSA) is 49.0 Å². The van der Waals surface area contributed by atoms with Gasteiger partial charge in [0.15, 0.2) is 0 Å². The van der Waals surface area contributed by atoms with E-state index < -0.39 is 0 Å². The molecule has 12 heavy (non-hydrogen) atoms. The van der Waals surface area contributed by atoms with Crippen LogP contribution >= 0.6 is 0 Å². The van der Waals surface area contributed by atoms with Crippen molar-refractivity contribution < 1.29 is 0 Å². The second kappa shape index (κ2) is 2.83. The summed E-state index contributed by atoms with van der Waals surface area (Å²) in [4.78, 5) is 4.21. The zero-order chi connectivity index (χ0) is 8.39. The third-order valence-electron chi connectivity index (χ3n) is 1.68. The normalized spacial score (nSPS) is 14.9. The van der Waals surface area contributed by atoms with Gasteiger partial charge in [0, 0.05) is 12.4 Å². The maximum Gasteiger partial charge on any atom is 0.0934 e. The number of nitrogens with zero attached hydrogens (tertiary/aromatic N) is 1. The first-order valence-corrected chi connectivity index (χ1v) is 3.76. The Kier molecular flexibility index (Phi) is 1.68. The minimum Gasteiger partial charge on any atom is -0.309 e. The lowest BCUT2D eigenvalue weighted by Gasteiger charge is -2.01. The van der Waals surface area contributed by atoms with E-state index in [2.05, 4.69) is 21.4 Å². The van der Waals surface area contributed by atoms with Crippen molar-refractivity contribution in [3.63, 3.8) is 0 Å². The van der Waals surface area contributed by atoms with Gasteiger partial charge in [-0.3, -0.25) is 4.98 Å². The highest BCUT2D eigenvalue weighted by Gasteiger charge is 2.05. The Balaban J connectivity index is 2.33. The summed E-state index contributed by atoms with van der Waals surface area (Å²) in [5, 5.41) is 0. The third-order valence-corrected chi connectivity index (χ3v) is 1.68. The average Bonchev–Trinajstić information content (AvgIpc) is 2.56. The lowest BCUT2D eigenvalue weighted by molar-refractivity contribution is 0.620. The molecule has 0 aliphatic carbocycles. The van der Waals surface area contributed by atoms with Crippen LogP contribution in [-0.2, 0) is 0 Å². The fourth-order valence-electron chi connectivity index (χ4n) is 1.07. The zero-order valence-electron chi connectivity index (χ0n) is 6.76. The van der Waals surface area contributed by atoms with Crippen LogP contribution in [0.3, 0.4) is 0 Å². The molecule has 1 aromatic rings. The van der Waals surface area contributed by atoms with Crippen LogP contribution < -0.4 is 16.4 Å². The van der Waals surface area contributed by atoms with Gasteiger partial charge in [-0.15, -0.1) is 0 Å². The second-order valence-corrected chi connectivity index (χ2v) is 2.67. The summed E-state index contributed by atoms with van der Waals surface area (Å²) in [7, 11) is 0. The maximum atomic E-state index is 4.21. The SMILES string of the molecule is Cc1ccnc(C2=CNNN2)c1. The predicted octanol–water partition coefficient (Wildman–Crippen LogP) is 0.301. The first-order chi connectivity index (χ1) is 5.86. The maximum absolute atomic E-state index is 4.21. The monoisotopic (exact) mass is 162 g/mol. The van der Waals surface area contributed by atoms with E-state index >= 15 is 0 Å². The Bertz CT molecular complexity index is 319. The van der Waals surface area contributed by atoms with E-state index in [0.717, 1.165) is 11.4 Å². The molecule has 4 nitrogen and oxygen atoms in total. The Hall–Kier alpha value is -1.55. The largest absolute Gasteiger partial charge is 0.309 e. The molecule has 0 fully saturated rings. The lowest BCUT2D eigenvalue weighted by atomic mass is 10.2. The van der Waals surface area contributed by atoms with Crippen molar-refractivity contribution in [3.05, 3.63) is 35.8 Å². The van der Waals surface area contributed by atoms with Crippen LogP contribution in [0.2, 0.25) is 0 Å². The summed E-state index contributed by atoms with van der Waals surface area (Å²) in [6.45, 7) is 2.04. The molecule has 0 radical (unpaired) electrons. The molecular formula is C8H10N4. The van der Waals surface area contributed by atoms with Gasteiger partial charge in [0.2, 0.25) is 0 Å². The summed E-state index contributed by atoms with van der Waals surface area (Å²) in [6, 6.07) is 3.99. The van der Waals surface area contributed by atoms with Crippen molar-refractivity contribution in [2.24, 2.45) is 0 Å². The molecule has 0 amide bonds. The van der Waals surface area contributed by atoms with Gasteiger partial charge >= 0.3 is 0 Å². The molecule has 0 saturated carbocycles. The van der Waals surface area contributed by atoms with E-state index in [1.54, 1.807) is 6.20 Å². The molecule has 3 N–H and O–H groups in total. The number of nitrogens with one attached hydrogen (secondary N) is 3. The van der Waals surface area contributed by atoms with E-state index in [-0.39, 0.29) is 0 Å². The molecule has 1 aliphatic heterocycles. The number of pyridine rings is 1. The molecule has 4 heteroatoms. The molecule has 0 spiro atoms. The second-order valence-electron chi connectivity index (χ2n) is 2.67. The van der Waals surface area contributed by atoms with Crippen LogP contribution in [0.1, 0.15) is 11.3 Å². The van der Waals surface area contributed by atoms with Crippen LogP contribution in [0.15, 0.2) is 24.5 Å². The molecule has 2 heterocycles. The number of aromatic nitrogens is 1. The number of hydrogen-bond acceptors (Lipinski definition) is 4. The minimum atomic E-state index is 0.938. The number of aryl methyl sites for hydroxylation is 1. The van der Waals surface area contributed by atoms with Crippen molar-refractivity contribution in [1.82, 2.24) is 21.4 Å². The summed E-state index contributed by atoms with van der Waals surface area (Å²) >= 11 is 0. The van der Waals surface area contributed by atoms with Crippen LogP contribution in [0.4, 0.5) is 0 Å². The smallest absolute Gasteiger partial charge is 0.0934 e. The van der Waals surface area contributed by atoms with E-state index in [1.807, 2.05) is 25.3 Å². The molecule has 0 aromatic carbocycles. The van der Waals surface area contributed by atoms with Gasteiger partial charge in [-0.05, 0) is 24.6 Å². The average molecular weight is 162 g/mol. The fourth-order valence-corrected chi connectivity index (χ4v) is 1.07. The third kappa shape index (κ3) is 1.24. The molecule has 0 unspecified atom stereocenters. The quantitative estimate of drug-likeness (QED) is 0.556. The fraction of sp³-hybridized carbons (Fsp3) is 0.125. The van der Waals surface area contributed by atoms with Gasteiger partial charge in [-0.25, -0.2) is 0 Å². The summed E-state index contributed by atoms with van der Waals surface area (Å²) in [5.41, 5.74) is 11.6. The molecule has 0 atom stereocenters. The summed E-state index contributed by atoms with van der Waals surface area (Å²) < 4.78 is 0. The van der Waals surface area contributed by atoms with E-state index in [1.165, 1.54) is 5.56 Å². The van der Waals surface area contributed by atoms with Gasteiger partial charge in [0.1, 0.15) is 0 Å². The van der Waals surface area contributed by atoms with Gasteiger partial charge in [0.05, 0.1) is 11.4 Å². The van der Waals surface area contributed by atoms with Crippen molar-refractivity contribution >= 4 is 5.70 Å². The Morgan fingerprint density at radius 1 is 1.42 bits per heavy atom. The molecule has 62 valence electrons. The number of hydrogen-bond donors (Lipinski definition) is 3. The number of rotatable bonds is 1. The van der Waals surface area contributed by atoms with E-state index in [4.69, 9.17) is 0 Å². The number of hydrazine groups is 2. The highest BCUT2D eigenvalue weighted by molar-refractivity contribution is 5.61. The van der Waals surface area contributed by atoms with E-state index in [0.29, 0.717) is 0 Å². The van der Waals surface area contributed by atoms with Crippen molar-refractivity contribution in [2.75, 3.05) is 0 Å². The summed E-state index contributed by atoms with van der Waals surface area (Å²) in [6.07, 6.45) is 3.63. The van der Waals surface area contributed by atoms with Crippen molar-refractivity contribution in [1.29, 1.82) is 0 Å². The lowest BCUT2D eigenvalue weighted by Crippen LogP contribution is -2.31. The molecular weight excluding hydrogens is 152 g/mol. The van der Waals surface area contributed by atoms with Gasteiger partial charge in [-0.1, -0.05) is 0 Å². The predicted molar refractivity (Wildman–Crippen MR) is 46.4 cm³/mol. The highest BCUT2D eigenvalue weighted by Crippen LogP contribution is 2.09. The standard InChI is InChI=1S/C8H10N4/c1-6-2-3-9-7(4-6)8-5-10-12-11-8/h2-5,10-12H,1H3. The zero-order valence-corrected chi connectivity index (χ0v) is 6.76. The summed E-state index contributed by atoms with van der Waals surface area (Å²) in [5.74, 6) is 0. The van der Waals surface area contributed by atoms with Crippen LogP contribution in [-0.4, -0.2) is 4.98 Å². The van der Waals surface area contributed by atoms with Crippen LogP contribution in [0.5, 0.6) is 0 Å². The van der Waals surface area contributed by atoms with Crippen LogP contribution in [0.25, 0.3) is 5.70 Å². The first-order valence-electron chi connectivity index (χ1n) is 3.76. The van der Waals surface area contributed by atoms with Crippen molar-refractivity contribution in [3.8, 4) is 0 Å². The van der Waals surface area contributed by atoms with E-state index in [9.17, 15) is 0 Å². The molecule has 0 saturated heterocycles. The molecule has 2 rings (SSSR count). The van der Waals surface area contributed by atoms with Crippen molar-refractivity contribution in [2.45, 2.75) is 6.92 Å².